The second kappa shape index (κ2) is 7.26. The first-order valence-electron chi connectivity index (χ1n) is 8.81. The molecule has 4 nitrogen and oxygen atoms in total. The first-order valence-corrected chi connectivity index (χ1v) is 8.81. The number of pyridine rings is 1. The maximum Gasteiger partial charge on any atom is 0.221 e. The number of aromatic nitrogens is 1. The van der Waals surface area contributed by atoms with Gasteiger partial charge in [0.1, 0.15) is 0 Å². The highest BCUT2D eigenvalue weighted by molar-refractivity contribution is 5.93. The Bertz CT molecular complexity index is 963. The lowest BCUT2D eigenvalue weighted by Gasteiger charge is -2.20. The number of hydrogen-bond donors (Lipinski definition) is 1. The average Bonchev–Trinajstić information content (AvgIpc) is 2.61. The van der Waals surface area contributed by atoms with Gasteiger partial charge in [-0.2, -0.15) is 0 Å². The van der Waals surface area contributed by atoms with Gasteiger partial charge < -0.3 is 10.2 Å². The van der Waals surface area contributed by atoms with Crippen LogP contribution in [-0.4, -0.2) is 29.9 Å². The van der Waals surface area contributed by atoms with Crippen LogP contribution in [0.2, 0.25) is 0 Å². The van der Waals surface area contributed by atoms with Crippen molar-refractivity contribution in [3.63, 3.8) is 0 Å². The fourth-order valence-electron chi connectivity index (χ4n) is 3.08. The van der Waals surface area contributed by atoms with E-state index in [0.717, 1.165) is 33.4 Å². The molecule has 1 amide bonds. The van der Waals surface area contributed by atoms with Crippen LogP contribution in [0.5, 0.6) is 0 Å². The number of fused-ring (bicyclic) bond motifs is 1. The van der Waals surface area contributed by atoms with Crippen molar-refractivity contribution in [2.45, 2.75) is 26.8 Å². The summed E-state index contributed by atoms with van der Waals surface area (Å²) in [4.78, 5) is 18.3. The zero-order valence-electron chi connectivity index (χ0n) is 16.0. The number of benzene rings is 2. The SMILES string of the molecule is CC(=O)Nc1ccc2nc(-c3cccc(C(C)N(C)C)c3)cc(C)c2c1. The Balaban J connectivity index is 2.04. The van der Waals surface area contributed by atoms with Crippen molar-refractivity contribution in [3.05, 3.63) is 59.7 Å². The van der Waals surface area contributed by atoms with Crippen molar-refractivity contribution in [1.29, 1.82) is 0 Å². The van der Waals surface area contributed by atoms with E-state index < -0.39 is 0 Å². The number of rotatable bonds is 4. The third-order valence-corrected chi connectivity index (χ3v) is 4.78. The molecule has 0 aliphatic heterocycles. The Morgan fingerprint density at radius 1 is 1.12 bits per heavy atom. The number of aryl methyl sites for hydroxylation is 1. The Morgan fingerprint density at radius 2 is 1.88 bits per heavy atom. The summed E-state index contributed by atoms with van der Waals surface area (Å²) < 4.78 is 0. The van der Waals surface area contributed by atoms with E-state index >= 15 is 0 Å². The van der Waals surface area contributed by atoms with E-state index in [-0.39, 0.29) is 5.91 Å². The van der Waals surface area contributed by atoms with Gasteiger partial charge in [0.2, 0.25) is 5.91 Å². The summed E-state index contributed by atoms with van der Waals surface area (Å²) in [6.45, 7) is 5.79. The van der Waals surface area contributed by atoms with E-state index in [1.807, 2.05) is 18.2 Å². The summed E-state index contributed by atoms with van der Waals surface area (Å²) >= 11 is 0. The van der Waals surface area contributed by atoms with E-state index in [4.69, 9.17) is 4.98 Å². The highest BCUT2D eigenvalue weighted by atomic mass is 16.1. The minimum atomic E-state index is -0.0709. The summed E-state index contributed by atoms with van der Waals surface area (Å²) in [6.07, 6.45) is 0. The number of nitrogens with zero attached hydrogens (tertiary/aromatic N) is 2. The van der Waals surface area contributed by atoms with E-state index in [1.165, 1.54) is 12.5 Å². The lowest BCUT2D eigenvalue weighted by molar-refractivity contribution is -0.114. The van der Waals surface area contributed by atoms with E-state index in [0.29, 0.717) is 6.04 Å². The van der Waals surface area contributed by atoms with Gasteiger partial charge in [0.15, 0.2) is 0 Å². The monoisotopic (exact) mass is 347 g/mol. The molecule has 1 heterocycles. The topological polar surface area (TPSA) is 45.2 Å². The summed E-state index contributed by atoms with van der Waals surface area (Å²) in [6, 6.07) is 16.8. The van der Waals surface area contributed by atoms with Crippen LogP contribution in [0.1, 0.15) is 31.0 Å². The zero-order chi connectivity index (χ0) is 18.8. The molecule has 3 aromatic rings. The maximum atomic E-state index is 11.3. The summed E-state index contributed by atoms with van der Waals surface area (Å²) in [5, 5.41) is 3.88. The molecule has 1 unspecified atom stereocenters. The molecule has 1 aromatic heterocycles. The lowest BCUT2D eigenvalue weighted by atomic mass is 10.0. The van der Waals surface area contributed by atoms with E-state index in [1.54, 1.807) is 0 Å². The molecule has 0 saturated heterocycles. The third kappa shape index (κ3) is 3.75. The van der Waals surface area contributed by atoms with Crippen LogP contribution in [-0.2, 0) is 4.79 Å². The molecule has 0 aliphatic carbocycles. The quantitative estimate of drug-likeness (QED) is 0.738. The molecule has 0 aliphatic rings. The molecule has 2 aromatic carbocycles. The first-order chi connectivity index (χ1) is 12.3. The van der Waals surface area contributed by atoms with Crippen LogP contribution in [0.3, 0.4) is 0 Å². The Morgan fingerprint density at radius 3 is 2.58 bits per heavy atom. The second-order valence-corrected chi connectivity index (χ2v) is 7.00. The Labute approximate surface area is 154 Å². The molecular formula is C22H25N3O. The maximum absolute atomic E-state index is 11.3. The molecule has 134 valence electrons. The summed E-state index contributed by atoms with van der Waals surface area (Å²) in [7, 11) is 4.17. The number of amides is 1. The van der Waals surface area contributed by atoms with Crippen LogP contribution in [0, 0.1) is 6.92 Å². The van der Waals surface area contributed by atoms with Gasteiger partial charge in [0.25, 0.3) is 0 Å². The standard InChI is InChI=1S/C22H25N3O/c1-14-11-22(18-8-6-7-17(12-18)15(2)25(4)5)24-21-10-9-19(13-20(14)21)23-16(3)26/h6-13,15H,1-5H3,(H,23,26). The van der Waals surface area contributed by atoms with Gasteiger partial charge >= 0.3 is 0 Å². The van der Waals surface area contributed by atoms with Crippen molar-refractivity contribution >= 4 is 22.5 Å². The predicted octanol–water partition coefficient (Wildman–Crippen LogP) is 4.79. The molecule has 26 heavy (non-hydrogen) atoms. The normalized spacial score (nSPS) is 12.4. The van der Waals surface area contributed by atoms with Crippen LogP contribution < -0.4 is 5.32 Å². The van der Waals surface area contributed by atoms with Gasteiger partial charge in [0, 0.05) is 29.6 Å². The van der Waals surface area contributed by atoms with Crippen LogP contribution in [0.15, 0.2) is 48.5 Å². The highest BCUT2D eigenvalue weighted by Gasteiger charge is 2.11. The lowest BCUT2D eigenvalue weighted by Crippen LogP contribution is -2.16. The summed E-state index contributed by atoms with van der Waals surface area (Å²) in [5.74, 6) is -0.0709. The molecule has 4 heteroatoms. The molecule has 3 rings (SSSR count). The van der Waals surface area contributed by atoms with E-state index in [9.17, 15) is 4.79 Å². The molecule has 0 radical (unpaired) electrons. The van der Waals surface area contributed by atoms with Crippen LogP contribution >= 0.6 is 0 Å². The zero-order valence-corrected chi connectivity index (χ0v) is 16.0. The second-order valence-electron chi connectivity index (χ2n) is 7.00. The summed E-state index contributed by atoms with van der Waals surface area (Å²) in [5.41, 5.74) is 6.23. The van der Waals surface area contributed by atoms with Crippen molar-refractivity contribution in [3.8, 4) is 11.3 Å². The number of nitrogens with one attached hydrogen (secondary N) is 1. The smallest absolute Gasteiger partial charge is 0.221 e. The van der Waals surface area contributed by atoms with Gasteiger partial charge in [-0.05, 0) is 69.4 Å². The highest BCUT2D eigenvalue weighted by Crippen LogP contribution is 2.28. The molecule has 0 spiro atoms. The minimum absolute atomic E-state index is 0.0709. The van der Waals surface area contributed by atoms with Gasteiger partial charge in [-0.25, -0.2) is 4.98 Å². The Kier molecular flexibility index (Phi) is 5.05. The Hall–Kier alpha value is -2.72. The number of hydrogen-bond acceptors (Lipinski definition) is 3. The predicted molar refractivity (Wildman–Crippen MR) is 108 cm³/mol. The molecule has 0 saturated carbocycles. The third-order valence-electron chi connectivity index (χ3n) is 4.78. The van der Waals surface area contributed by atoms with Crippen molar-refractivity contribution in [2.75, 3.05) is 19.4 Å². The fraction of sp³-hybridized carbons (Fsp3) is 0.273. The van der Waals surface area contributed by atoms with Crippen molar-refractivity contribution in [1.82, 2.24) is 9.88 Å². The number of carbonyl (C=O) groups is 1. The van der Waals surface area contributed by atoms with Crippen molar-refractivity contribution < 1.29 is 4.79 Å². The van der Waals surface area contributed by atoms with Crippen molar-refractivity contribution in [2.24, 2.45) is 0 Å². The number of carbonyl (C=O) groups excluding carboxylic acids is 1. The molecular weight excluding hydrogens is 322 g/mol. The number of anilines is 1. The van der Waals surface area contributed by atoms with Gasteiger partial charge in [-0.1, -0.05) is 18.2 Å². The van der Waals surface area contributed by atoms with Crippen LogP contribution in [0.25, 0.3) is 22.2 Å². The fourth-order valence-corrected chi connectivity index (χ4v) is 3.08. The molecule has 0 fully saturated rings. The largest absolute Gasteiger partial charge is 0.326 e. The van der Waals surface area contributed by atoms with Gasteiger partial charge in [0.05, 0.1) is 11.2 Å². The molecule has 0 bridgehead atoms. The van der Waals surface area contributed by atoms with Gasteiger partial charge in [-0.3, -0.25) is 4.79 Å². The van der Waals surface area contributed by atoms with E-state index in [2.05, 4.69) is 68.5 Å². The average molecular weight is 347 g/mol. The van der Waals surface area contributed by atoms with Crippen LogP contribution in [0.4, 0.5) is 5.69 Å². The first kappa shape index (κ1) is 18.1. The molecule has 1 atom stereocenters. The minimum Gasteiger partial charge on any atom is -0.326 e. The molecule has 1 N–H and O–H groups in total. The van der Waals surface area contributed by atoms with Gasteiger partial charge in [-0.15, -0.1) is 0 Å².